The lowest BCUT2D eigenvalue weighted by Crippen LogP contribution is -2.32. The number of hydrogen-bond acceptors (Lipinski definition) is 5. The van der Waals surface area contributed by atoms with E-state index in [0.29, 0.717) is 18.0 Å². The first-order chi connectivity index (χ1) is 16.2. The number of likely N-dealkylation sites (tertiary alicyclic amines) is 1. The number of nitrogens with zero attached hydrogens (tertiary/aromatic N) is 4. The number of ether oxygens (including phenoxy) is 1. The Kier molecular flexibility index (Phi) is 6.17. The number of carbonyl (C=O) groups excluding carboxylic acids is 1. The monoisotopic (exact) mass is 440 g/mol. The van der Waals surface area contributed by atoms with Gasteiger partial charge < -0.3 is 9.30 Å². The number of rotatable bonds is 6. The molecule has 0 N–H and O–H groups in total. The van der Waals surface area contributed by atoms with Crippen LogP contribution in [0.5, 0.6) is 0 Å². The molecule has 6 nitrogen and oxygen atoms in total. The molecule has 33 heavy (non-hydrogen) atoms. The number of carbonyl (C=O) groups is 1. The van der Waals surface area contributed by atoms with Gasteiger partial charge in [0.15, 0.2) is 0 Å². The third-order valence-corrected chi connectivity index (χ3v) is 6.50. The minimum atomic E-state index is -0.314. The molecule has 0 spiro atoms. The van der Waals surface area contributed by atoms with Gasteiger partial charge in [-0.15, -0.1) is 0 Å². The molecule has 1 aliphatic heterocycles. The van der Waals surface area contributed by atoms with E-state index in [-0.39, 0.29) is 5.97 Å². The van der Waals surface area contributed by atoms with Crippen molar-refractivity contribution >= 4 is 17.0 Å². The van der Waals surface area contributed by atoms with Crippen LogP contribution < -0.4 is 0 Å². The summed E-state index contributed by atoms with van der Waals surface area (Å²) in [5, 5.41) is 1.15. The maximum absolute atomic E-state index is 11.7. The fraction of sp³-hybridized carbons (Fsp3) is 0.296. The summed E-state index contributed by atoms with van der Waals surface area (Å²) >= 11 is 0. The quantitative estimate of drug-likeness (QED) is 0.409. The predicted octanol–water partition coefficient (Wildman–Crippen LogP) is 4.65. The number of methoxy groups -OCH3 is 1. The molecule has 0 bridgehead atoms. The number of hydrogen-bond donors (Lipinski definition) is 0. The number of fused-ring (bicyclic) bond motifs is 1. The van der Waals surface area contributed by atoms with E-state index >= 15 is 0 Å². The Bertz CT molecular complexity index is 1230. The average Bonchev–Trinajstić information content (AvgIpc) is 3.27. The maximum atomic E-state index is 11.7. The topological polar surface area (TPSA) is 60.2 Å². The lowest BCUT2D eigenvalue weighted by molar-refractivity contribution is 0.0600. The van der Waals surface area contributed by atoms with Gasteiger partial charge in [-0.05, 0) is 73.5 Å². The van der Waals surface area contributed by atoms with Crippen molar-refractivity contribution < 1.29 is 9.53 Å². The lowest BCUT2D eigenvalue weighted by atomic mass is 9.92. The summed E-state index contributed by atoms with van der Waals surface area (Å²) in [5.74, 6) is 0.174. The zero-order valence-electron chi connectivity index (χ0n) is 18.9. The average molecular weight is 441 g/mol. The van der Waals surface area contributed by atoms with Crippen LogP contribution in [0.3, 0.4) is 0 Å². The highest BCUT2D eigenvalue weighted by Gasteiger charge is 2.22. The molecule has 3 aromatic heterocycles. The van der Waals surface area contributed by atoms with E-state index < -0.39 is 0 Å². The molecule has 1 aromatic carbocycles. The Morgan fingerprint density at radius 1 is 1.00 bits per heavy atom. The summed E-state index contributed by atoms with van der Waals surface area (Å²) in [7, 11) is 1.40. The van der Waals surface area contributed by atoms with Gasteiger partial charge in [-0.3, -0.25) is 9.88 Å². The number of aromatic nitrogens is 3. The second-order valence-electron chi connectivity index (χ2n) is 8.69. The molecule has 0 aliphatic carbocycles. The molecule has 6 heteroatoms. The van der Waals surface area contributed by atoms with Crippen molar-refractivity contribution in [3.8, 4) is 0 Å². The fourth-order valence-corrected chi connectivity index (χ4v) is 4.63. The molecule has 4 aromatic rings. The van der Waals surface area contributed by atoms with Crippen molar-refractivity contribution in [2.24, 2.45) is 0 Å². The molecule has 1 aliphatic rings. The third-order valence-electron chi connectivity index (χ3n) is 6.50. The predicted molar refractivity (Wildman–Crippen MR) is 128 cm³/mol. The molecule has 0 atom stereocenters. The molecule has 0 saturated carbocycles. The van der Waals surface area contributed by atoms with Gasteiger partial charge in [0.25, 0.3) is 0 Å². The first kappa shape index (κ1) is 21.3. The molecule has 1 saturated heterocycles. The lowest BCUT2D eigenvalue weighted by Gasteiger charge is -2.31. The SMILES string of the molecule is COC(=O)c1ccc(Cn2ccc3ccc(C4CCN(Cc5cccnc5)CC4)nc32)cc1. The van der Waals surface area contributed by atoms with E-state index in [1.807, 2.05) is 42.7 Å². The number of benzene rings is 1. The van der Waals surface area contributed by atoms with Crippen LogP contribution in [0.25, 0.3) is 11.0 Å². The van der Waals surface area contributed by atoms with Crippen molar-refractivity contribution in [2.75, 3.05) is 20.2 Å². The molecule has 1 fully saturated rings. The Morgan fingerprint density at radius 2 is 1.82 bits per heavy atom. The van der Waals surface area contributed by atoms with Crippen molar-refractivity contribution in [2.45, 2.75) is 31.8 Å². The van der Waals surface area contributed by atoms with Crippen LogP contribution in [0.15, 0.2) is 73.2 Å². The van der Waals surface area contributed by atoms with Gasteiger partial charge in [-0.1, -0.05) is 18.2 Å². The second kappa shape index (κ2) is 9.55. The Balaban J connectivity index is 1.27. The third kappa shape index (κ3) is 4.81. The van der Waals surface area contributed by atoms with Crippen LogP contribution >= 0.6 is 0 Å². The number of esters is 1. The summed E-state index contributed by atoms with van der Waals surface area (Å²) in [6, 6.07) is 18.2. The minimum absolute atomic E-state index is 0.314. The summed E-state index contributed by atoms with van der Waals surface area (Å²) in [5.41, 5.74) is 5.16. The van der Waals surface area contributed by atoms with E-state index in [1.165, 1.54) is 18.4 Å². The van der Waals surface area contributed by atoms with Crippen LogP contribution in [0, 0.1) is 0 Å². The molecule has 0 amide bonds. The highest BCUT2D eigenvalue weighted by Crippen LogP contribution is 2.29. The first-order valence-electron chi connectivity index (χ1n) is 11.4. The minimum Gasteiger partial charge on any atom is -0.465 e. The van der Waals surface area contributed by atoms with Gasteiger partial charge in [0.2, 0.25) is 0 Å². The van der Waals surface area contributed by atoms with Crippen molar-refractivity contribution in [1.82, 2.24) is 19.4 Å². The van der Waals surface area contributed by atoms with Gasteiger partial charge >= 0.3 is 5.97 Å². The first-order valence-corrected chi connectivity index (χ1v) is 11.4. The highest BCUT2D eigenvalue weighted by atomic mass is 16.5. The van der Waals surface area contributed by atoms with E-state index in [0.717, 1.165) is 49.1 Å². The smallest absolute Gasteiger partial charge is 0.337 e. The summed E-state index contributed by atoms with van der Waals surface area (Å²) < 4.78 is 6.97. The largest absolute Gasteiger partial charge is 0.465 e. The zero-order valence-corrected chi connectivity index (χ0v) is 18.9. The standard InChI is InChI=1S/C27H28N4O2/c1-33-27(32)24-6-4-20(5-7-24)19-31-16-12-23-8-9-25(29-26(23)31)22-10-14-30(15-11-22)18-21-3-2-13-28-17-21/h2-9,12-13,16-17,22H,10-11,14-15,18-19H2,1H3. The Morgan fingerprint density at radius 3 is 2.55 bits per heavy atom. The highest BCUT2D eigenvalue weighted by molar-refractivity contribution is 5.89. The van der Waals surface area contributed by atoms with Crippen LogP contribution in [0.1, 0.15) is 45.9 Å². The molecule has 168 valence electrons. The van der Waals surface area contributed by atoms with E-state index in [1.54, 1.807) is 0 Å². The van der Waals surface area contributed by atoms with Gasteiger partial charge in [0.05, 0.1) is 12.7 Å². The van der Waals surface area contributed by atoms with E-state index in [2.05, 4.69) is 44.9 Å². The Hall–Kier alpha value is -3.51. The normalized spacial score (nSPS) is 15.1. The summed E-state index contributed by atoms with van der Waals surface area (Å²) in [4.78, 5) is 23.5. The van der Waals surface area contributed by atoms with E-state index in [4.69, 9.17) is 9.72 Å². The Labute approximate surface area is 193 Å². The molecule has 0 radical (unpaired) electrons. The second-order valence-corrected chi connectivity index (χ2v) is 8.69. The van der Waals surface area contributed by atoms with Crippen LogP contribution in [-0.2, 0) is 17.8 Å². The molecule has 5 rings (SSSR count). The van der Waals surface area contributed by atoms with Gasteiger partial charge in [-0.2, -0.15) is 0 Å². The van der Waals surface area contributed by atoms with Crippen molar-refractivity contribution in [3.05, 3.63) is 95.6 Å². The molecular formula is C27H28N4O2. The van der Waals surface area contributed by atoms with Gasteiger partial charge in [-0.25, -0.2) is 9.78 Å². The van der Waals surface area contributed by atoms with Crippen LogP contribution in [-0.4, -0.2) is 45.6 Å². The zero-order chi connectivity index (χ0) is 22.6. The number of pyridine rings is 2. The molecular weight excluding hydrogens is 412 g/mol. The molecule has 0 unspecified atom stereocenters. The fourth-order valence-electron chi connectivity index (χ4n) is 4.63. The summed E-state index contributed by atoms with van der Waals surface area (Å²) in [6.07, 6.45) is 8.11. The summed E-state index contributed by atoms with van der Waals surface area (Å²) in [6.45, 7) is 3.83. The number of piperidine rings is 1. The van der Waals surface area contributed by atoms with Crippen molar-refractivity contribution in [3.63, 3.8) is 0 Å². The maximum Gasteiger partial charge on any atom is 0.337 e. The van der Waals surface area contributed by atoms with Crippen LogP contribution in [0.2, 0.25) is 0 Å². The van der Waals surface area contributed by atoms with Crippen LogP contribution in [0.4, 0.5) is 0 Å². The van der Waals surface area contributed by atoms with Gasteiger partial charge in [0, 0.05) is 48.7 Å². The van der Waals surface area contributed by atoms with Gasteiger partial charge in [0.1, 0.15) is 5.65 Å². The van der Waals surface area contributed by atoms with Crippen molar-refractivity contribution in [1.29, 1.82) is 0 Å². The molecule has 4 heterocycles. The van der Waals surface area contributed by atoms with E-state index in [9.17, 15) is 4.79 Å².